The third-order valence-electron chi connectivity index (χ3n) is 10.8. The number of fused-ring (bicyclic) bond motifs is 9. The van der Waals surface area contributed by atoms with Crippen molar-refractivity contribution in [2.45, 2.75) is 0 Å². The van der Waals surface area contributed by atoms with Crippen molar-refractivity contribution in [3.63, 3.8) is 0 Å². The van der Waals surface area contributed by atoms with E-state index in [1.165, 1.54) is 96.0 Å². The van der Waals surface area contributed by atoms with Crippen molar-refractivity contribution in [1.82, 2.24) is 0 Å². The molecule has 1 aliphatic rings. The fourth-order valence-electron chi connectivity index (χ4n) is 8.39. The van der Waals surface area contributed by atoms with E-state index in [1.807, 2.05) is 22.7 Å². The first-order chi connectivity index (χ1) is 25.8. The minimum absolute atomic E-state index is 0.0112. The molecular formula is C48H30BNS2. The second-order valence-electron chi connectivity index (χ2n) is 13.6. The molecule has 0 bridgehead atoms. The molecule has 52 heavy (non-hydrogen) atoms. The first-order valence-electron chi connectivity index (χ1n) is 17.8. The van der Waals surface area contributed by atoms with E-state index in [0.717, 1.165) is 0 Å². The van der Waals surface area contributed by atoms with E-state index in [4.69, 9.17) is 0 Å². The summed E-state index contributed by atoms with van der Waals surface area (Å²) < 4.78 is 5.36. The maximum atomic E-state index is 2.54. The van der Waals surface area contributed by atoms with E-state index >= 15 is 0 Å². The minimum Gasteiger partial charge on any atom is -0.376 e. The second kappa shape index (κ2) is 11.8. The lowest BCUT2D eigenvalue weighted by atomic mass is 9.45. The van der Waals surface area contributed by atoms with Crippen molar-refractivity contribution >= 4 is 92.2 Å². The zero-order chi connectivity index (χ0) is 34.2. The van der Waals surface area contributed by atoms with Gasteiger partial charge in [-0.2, -0.15) is 0 Å². The Labute approximate surface area is 310 Å². The molecule has 2 aromatic heterocycles. The summed E-state index contributed by atoms with van der Waals surface area (Å²) in [5, 5.41) is 5.32. The van der Waals surface area contributed by atoms with Gasteiger partial charge in [-0.05, 0) is 69.7 Å². The molecule has 0 radical (unpaired) electrons. The van der Waals surface area contributed by atoms with Gasteiger partial charge in [-0.1, -0.05) is 151 Å². The van der Waals surface area contributed by atoms with E-state index < -0.39 is 0 Å². The van der Waals surface area contributed by atoms with Crippen molar-refractivity contribution in [2.24, 2.45) is 0 Å². The van der Waals surface area contributed by atoms with Crippen molar-refractivity contribution < 1.29 is 0 Å². The van der Waals surface area contributed by atoms with E-state index in [2.05, 4.69) is 187 Å². The molecule has 0 spiro atoms. The number of hydrogen-bond donors (Lipinski definition) is 0. The van der Waals surface area contributed by atoms with E-state index in [9.17, 15) is 0 Å². The third-order valence-corrected chi connectivity index (χ3v) is 13.2. The molecule has 0 aliphatic carbocycles. The average molecular weight is 696 g/mol. The number of thiophene rings is 2. The lowest BCUT2D eigenvalue weighted by Gasteiger charge is -2.39. The molecule has 0 fully saturated rings. The zero-order valence-electron chi connectivity index (χ0n) is 28.2. The predicted molar refractivity (Wildman–Crippen MR) is 229 cm³/mol. The Morgan fingerprint density at radius 1 is 0.385 bits per heavy atom. The maximum Gasteiger partial charge on any atom is 0.328 e. The summed E-state index contributed by atoms with van der Waals surface area (Å²) in [7, 11) is 0. The Balaban J connectivity index is 1.07. The van der Waals surface area contributed by atoms with E-state index in [-0.39, 0.29) is 6.85 Å². The van der Waals surface area contributed by atoms with Crippen LogP contribution in [0.4, 0.5) is 11.4 Å². The van der Waals surface area contributed by atoms with Gasteiger partial charge in [-0.15, -0.1) is 22.7 Å². The standard InChI is InChI=1S/C48H30BNS2/c1-2-12-34(13-3-1)50-44-29-26-32(36-18-11-20-41-39-16-6-9-23-46(39)52-48(36)41)30-42(44)37-14-4-7-21-43(37)49(50)33-27-24-31(25-28-33)35-17-10-19-40-38-15-5-8-22-45(38)51-47(35)40/h1-30H. The predicted octanol–water partition coefficient (Wildman–Crippen LogP) is 12.7. The van der Waals surface area contributed by atoms with Gasteiger partial charge in [0.25, 0.3) is 0 Å². The van der Waals surface area contributed by atoms with Gasteiger partial charge in [-0.3, -0.25) is 0 Å². The molecule has 3 heterocycles. The summed E-state index contributed by atoms with van der Waals surface area (Å²) >= 11 is 3.78. The summed E-state index contributed by atoms with van der Waals surface area (Å²) in [5.74, 6) is 0. The SMILES string of the molecule is c1ccc(N2B(c3ccc(-c4cccc5c4sc4ccccc45)cc3)c3ccccc3-c3cc(-c4cccc5c4sc4ccccc45)ccc32)cc1. The van der Waals surface area contributed by atoms with Gasteiger partial charge < -0.3 is 4.81 Å². The summed E-state index contributed by atoms with van der Waals surface area (Å²) in [6, 6.07) is 67.4. The summed E-state index contributed by atoms with van der Waals surface area (Å²) in [4.78, 5) is 2.54. The van der Waals surface area contributed by atoms with Crippen molar-refractivity contribution in [1.29, 1.82) is 0 Å². The molecule has 0 saturated heterocycles. The monoisotopic (exact) mass is 695 g/mol. The fraction of sp³-hybridized carbons (Fsp3) is 0. The molecule has 11 rings (SSSR count). The molecular weight excluding hydrogens is 665 g/mol. The lowest BCUT2D eigenvalue weighted by Crippen LogP contribution is -2.57. The highest BCUT2D eigenvalue weighted by atomic mass is 32.1. The Morgan fingerprint density at radius 3 is 1.62 bits per heavy atom. The smallest absolute Gasteiger partial charge is 0.328 e. The molecule has 242 valence electrons. The molecule has 10 aromatic rings. The topological polar surface area (TPSA) is 3.24 Å². The number of benzene rings is 8. The van der Waals surface area contributed by atoms with Crippen LogP contribution in [0.3, 0.4) is 0 Å². The van der Waals surface area contributed by atoms with Crippen molar-refractivity contribution in [2.75, 3.05) is 4.81 Å². The molecule has 1 nitrogen and oxygen atoms in total. The van der Waals surface area contributed by atoms with Crippen LogP contribution < -0.4 is 15.7 Å². The number of hydrogen-bond acceptors (Lipinski definition) is 3. The summed E-state index contributed by atoms with van der Waals surface area (Å²) in [6.07, 6.45) is 0. The lowest BCUT2D eigenvalue weighted by molar-refractivity contribution is 1.36. The van der Waals surface area contributed by atoms with Crippen LogP contribution in [0.2, 0.25) is 0 Å². The van der Waals surface area contributed by atoms with Gasteiger partial charge in [0.1, 0.15) is 0 Å². The molecule has 4 heteroatoms. The second-order valence-corrected chi connectivity index (χ2v) is 15.7. The first kappa shape index (κ1) is 29.8. The first-order valence-corrected chi connectivity index (χ1v) is 19.4. The van der Waals surface area contributed by atoms with Crippen LogP contribution in [0.15, 0.2) is 182 Å². The normalized spacial score (nSPS) is 12.5. The Bertz CT molecular complexity index is 2980. The maximum absolute atomic E-state index is 2.54. The fourth-order valence-corrected chi connectivity index (χ4v) is 10.9. The van der Waals surface area contributed by atoms with Gasteiger partial charge in [0, 0.05) is 57.3 Å². The van der Waals surface area contributed by atoms with Crippen LogP contribution in [0.1, 0.15) is 0 Å². The van der Waals surface area contributed by atoms with E-state index in [0.29, 0.717) is 0 Å². The van der Waals surface area contributed by atoms with Gasteiger partial charge in [0.05, 0.1) is 0 Å². The minimum atomic E-state index is 0.0112. The van der Waals surface area contributed by atoms with Crippen LogP contribution in [0.25, 0.3) is 73.7 Å². The quantitative estimate of drug-likeness (QED) is 0.166. The highest BCUT2D eigenvalue weighted by molar-refractivity contribution is 7.26. The van der Waals surface area contributed by atoms with Gasteiger partial charge in [-0.25, -0.2) is 0 Å². The Kier molecular flexibility index (Phi) is 6.76. The molecule has 0 amide bonds. The number of nitrogens with zero attached hydrogens (tertiary/aromatic N) is 1. The van der Waals surface area contributed by atoms with Crippen LogP contribution in [-0.4, -0.2) is 6.85 Å². The number of rotatable bonds is 4. The highest BCUT2D eigenvalue weighted by Gasteiger charge is 2.37. The average Bonchev–Trinajstić information content (AvgIpc) is 3.79. The third kappa shape index (κ3) is 4.55. The molecule has 1 aliphatic heterocycles. The Morgan fingerprint density at radius 2 is 0.923 bits per heavy atom. The van der Waals surface area contributed by atoms with Gasteiger partial charge >= 0.3 is 6.85 Å². The summed E-state index contributed by atoms with van der Waals surface area (Å²) in [6.45, 7) is 0.0112. The largest absolute Gasteiger partial charge is 0.376 e. The zero-order valence-corrected chi connectivity index (χ0v) is 29.8. The van der Waals surface area contributed by atoms with Crippen LogP contribution in [0.5, 0.6) is 0 Å². The molecule has 8 aromatic carbocycles. The van der Waals surface area contributed by atoms with Crippen LogP contribution in [-0.2, 0) is 0 Å². The number of para-hydroxylation sites is 1. The van der Waals surface area contributed by atoms with Gasteiger partial charge in [0.15, 0.2) is 0 Å². The molecule has 0 atom stereocenters. The van der Waals surface area contributed by atoms with Crippen LogP contribution in [0, 0.1) is 0 Å². The van der Waals surface area contributed by atoms with Crippen molar-refractivity contribution in [3.05, 3.63) is 182 Å². The van der Waals surface area contributed by atoms with Crippen LogP contribution >= 0.6 is 22.7 Å². The number of anilines is 2. The summed E-state index contributed by atoms with van der Waals surface area (Å²) in [5.41, 5.74) is 12.6. The Hall–Kier alpha value is -5.94. The highest BCUT2D eigenvalue weighted by Crippen LogP contribution is 2.45. The van der Waals surface area contributed by atoms with Gasteiger partial charge in [0.2, 0.25) is 0 Å². The molecule has 0 saturated carbocycles. The molecule has 0 N–H and O–H groups in total. The van der Waals surface area contributed by atoms with E-state index in [1.54, 1.807) is 0 Å². The van der Waals surface area contributed by atoms with Crippen molar-refractivity contribution in [3.8, 4) is 33.4 Å². The molecule has 0 unspecified atom stereocenters.